The molecule has 0 saturated carbocycles. The van der Waals surface area contributed by atoms with Crippen LogP contribution in [0.5, 0.6) is 0 Å². The summed E-state index contributed by atoms with van der Waals surface area (Å²) in [5.74, 6) is 0.408. The molecule has 1 saturated heterocycles. The molecule has 2 nitrogen and oxygen atoms in total. The molecule has 1 atom stereocenters. The van der Waals surface area contributed by atoms with Gasteiger partial charge in [-0.1, -0.05) is 26.7 Å². The number of carbonyl (C=O) groups is 1. The molecule has 0 amide bonds. The second kappa shape index (κ2) is 4.75. The van der Waals surface area contributed by atoms with Crippen molar-refractivity contribution in [2.75, 3.05) is 6.61 Å². The predicted octanol–water partition coefficient (Wildman–Crippen LogP) is 2.56. The highest BCUT2D eigenvalue weighted by molar-refractivity contribution is 5.63. The smallest absolute Gasteiger partial charge is 0.152 e. The van der Waals surface area contributed by atoms with Gasteiger partial charge in [0.25, 0.3) is 0 Å². The highest BCUT2D eigenvalue weighted by Gasteiger charge is 2.39. The van der Waals surface area contributed by atoms with E-state index in [1.54, 1.807) is 0 Å². The number of hydrogen-bond donors (Lipinski definition) is 0. The van der Waals surface area contributed by atoms with Gasteiger partial charge in [0.15, 0.2) is 6.29 Å². The van der Waals surface area contributed by atoms with E-state index in [4.69, 9.17) is 4.74 Å². The number of hydrogen-bond acceptors (Lipinski definition) is 2. The standard InChI is InChI=1S/C11H20O2/c1-3-10(4-2)11(9-12)7-5-6-8-13-11/h9-10H,3-8H2,1-2H3. The summed E-state index contributed by atoms with van der Waals surface area (Å²) in [6.07, 6.45) is 6.28. The Kier molecular flexibility index (Phi) is 3.91. The Morgan fingerprint density at radius 3 is 2.46 bits per heavy atom. The third-order valence-corrected chi connectivity index (χ3v) is 3.21. The first kappa shape index (κ1) is 10.7. The summed E-state index contributed by atoms with van der Waals surface area (Å²) in [6, 6.07) is 0. The van der Waals surface area contributed by atoms with Crippen LogP contribution in [0.3, 0.4) is 0 Å². The molecular formula is C11H20O2. The Morgan fingerprint density at radius 2 is 2.08 bits per heavy atom. The van der Waals surface area contributed by atoms with Crippen molar-refractivity contribution in [1.82, 2.24) is 0 Å². The summed E-state index contributed by atoms with van der Waals surface area (Å²) in [6.45, 7) is 5.03. The van der Waals surface area contributed by atoms with Gasteiger partial charge in [-0.05, 0) is 25.2 Å². The third kappa shape index (κ3) is 2.11. The lowest BCUT2D eigenvalue weighted by Gasteiger charge is -2.38. The van der Waals surface area contributed by atoms with Gasteiger partial charge in [-0.2, -0.15) is 0 Å². The largest absolute Gasteiger partial charge is 0.367 e. The van der Waals surface area contributed by atoms with Crippen molar-refractivity contribution in [3.63, 3.8) is 0 Å². The Balaban J connectivity index is 2.70. The molecule has 13 heavy (non-hydrogen) atoms. The number of rotatable bonds is 4. The zero-order valence-electron chi connectivity index (χ0n) is 8.71. The van der Waals surface area contributed by atoms with Crippen LogP contribution in [-0.2, 0) is 9.53 Å². The second-order valence-corrected chi connectivity index (χ2v) is 3.89. The molecule has 1 aliphatic rings. The average molecular weight is 184 g/mol. The normalized spacial score (nSPS) is 29.2. The molecule has 0 spiro atoms. The molecule has 0 bridgehead atoms. The first-order valence-electron chi connectivity index (χ1n) is 5.39. The van der Waals surface area contributed by atoms with E-state index in [0.717, 1.165) is 45.0 Å². The third-order valence-electron chi connectivity index (χ3n) is 3.21. The summed E-state index contributed by atoms with van der Waals surface area (Å²) in [5.41, 5.74) is -0.443. The molecule has 0 aromatic heterocycles. The molecular weight excluding hydrogens is 164 g/mol. The van der Waals surface area contributed by atoms with Crippen molar-refractivity contribution < 1.29 is 9.53 Å². The quantitative estimate of drug-likeness (QED) is 0.628. The lowest BCUT2D eigenvalue weighted by Crippen LogP contribution is -2.44. The van der Waals surface area contributed by atoms with Crippen molar-refractivity contribution in [3.05, 3.63) is 0 Å². The monoisotopic (exact) mass is 184 g/mol. The maximum atomic E-state index is 11.1. The molecule has 1 unspecified atom stereocenters. The highest BCUT2D eigenvalue weighted by Crippen LogP contribution is 2.34. The van der Waals surface area contributed by atoms with Crippen LogP contribution in [-0.4, -0.2) is 18.5 Å². The van der Waals surface area contributed by atoms with Crippen molar-refractivity contribution in [1.29, 1.82) is 0 Å². The Bertz CT molecular complexity index is 155. The molecule has 0 aromatic carbocycles. The van der Waals surface area contributed by atoms with E-state index in [1.807, 2.05) is 0 Å². The molecule has 1 fully saturated rings. The second-order valence-electron chi connectivity index (χ2n) is 3.89. The summed E-state index contributed by atoms with van der Waals surface area (Å²) in [7, 11) is 0. The Morgan fingerprint density at radius 1 is 1.38 bits per heavy atom. The minimum absolute atomic E-state index is 0.408. The fourth-order valence-electron chi connectivity index (χ4n) is 2.33. The van der Waals surface area contributed by atoms with Crippen LogP contribution in [0, 0.1) is 5.92 Å². The van der Waals surface area contributed by atoms with Crippen LogP contribution in [0.15, 0.2) is 0 Å². The molecule has 1 aliphatic heterocycles. The number of aldehydes is 1. The van der Waals surface area contributed by atoms with Gasteiger partial charge in [-0.25, -0.2) is 0 Å². The molecule has 1 rings (SSSR count). The molecule has 0 aliphatic carbocycles. The zero-order chi connectivity index (χ0) is 9.73. The van der Waals surface area contributed by atoms with E-state index in [1.165, 1.54) is 0 Å². The minimum atomic E-state index is -0.443. The topological polar surface area (TPSA) is 26.3 Å². The first-order valence-corrected chi connectivity index (χ1v) is 5.39. The van der Waals surface area contributed by atoms with Crippen molar-refractivity contribution in [3.8, 4) is 0 Å². The zero-order valence-corrected chi connectivity index (χ0v) is 8.71. The van der Waals surface area contributed by atoms with Gasteiger partial charge in [0.2, 0.25) is 0 Å². The lowest BCUT2D eigenvalue weighted by atomic mass is 9.79. The SMILES string of the molecule is CCC(CC)C1(C=O)CCCCO1. The minimum Gasteiger partial charge on any atom is -0.367 e. The van der Waals surface area contributed by atoms with Gasteiger partial charge < -0.3 is 9.53 Å². The average Bonchev–Trinajstić information content (AvgIpc) is 2.21. The van der Waals surface area contributed by atoms with Gasteiger partial charge >= 0.3 is 0 Å². The van der Waals surface area contributed by atoms with E-state index >= 15 is 0 Å². The highest BCUT2D eigenvalue weighted by atomic mass is 16.5. The fourth-order valence-corrected chi connectivity index (χ4v) is 2.33. The Labute approximate surface area is 80.7 Å². The van der Waals surface area contributed by atoms with Gasteiger partial charge in [0, 0.05) is 6.61 Å². The van der Waals surface area contributed by atoms with Crippen LogP contribution < -0.4 is 0 Å². The first-order chi connectivity index (χ1) is 6.29. The van der Waals surface area contributed by atoms with E-state index < -0.39 is 5.60 Å². The van der Waals surface area contributed by atoms with Gasteiger partial charge in [-0.3, -0.25) is 0 Å². The van der Waals surface area contributed by atoms with E-state index in [0.29, 0.717) is 5.92 Å². The van der Waals surface area contributed by atoms with E-state index in [2.05, 4.69) is 13.8 Å². The molecule has 0 N–H and O–H groups in total. The van der Waals surface area contributed by atoms with Crippen LogP contribution in [0.1, 0.15) is 46.0 Å². The van der Waals surface area contributed by atoms with Crippen molar-refractivity contribution in [2.45, 2.75) is 51.6 Å². The maximum absolute atomic E-state index is 11.1. The Hall–Kier alpha value is -0.370. The molecule has 0 radical (unpaired) electrons. The van der Waals surface area contributed by atoms with Gasteiger partial charge in [0.05, 0.1) is 0 Å². The summed E-state index contributed by atoms with van der Waals surface area (Å²) in [4.78, 5) is 11.1. The predicted molar refractivity (Wildman–Crippen MR) is 52.7 cm³/mol. The molecule has 1 heterocycles. The molecule has 2 heteroatoms. The number of ether oxygens (including phenoxy) is 1. The van der Waals surface area contributed by atoms with Crippen LogP contribution >= 0.6 is 0 Å². The van der Waals surface area contributed by atoms with Crippen LogP contribution in [0.25, 0.3) is 0 Å². The summed E-state index contributed by atoms with van der Waals surface area (Å²) >= 11 is 0. The summed E-state index contributed by atoms with van der Waals surface area (Å²) < 4.78 is 5.69. The number of carbonyl (C=O) groups excluding carboxylic acids is 1. The molecule has 76 valence electrons. The maximum Gasteiger partial charge on any atom is 0.152 e. The van der Waals surface area contributed by atoms with Crippen molar-refractivity contribution in [2.24, 2.45) is 5.92 Å². The molecule has 0 aromatic rings. The fraction of sp³-hybridized carbons (Fsp3) is 0.909. The van der Waals surface area contributed by atoms with E-state index in [9.17, 15) is 4.79 Å². The lowest BCUT2D eigenvalue weighted by molar-refractivity contribution is -0.149. The van der Waals surface area contributed by atoms with Crippen molar-refractivity contribution >= 4 is 6.29 Å². The van der Waals surface area contributed by atoms with Crippen LogP contribution in [0.2, 0.25) is 0 Å². The summed E-state index contributed by atoms with van der Waals surface area (Å²) in [5, 5.41) is 0. The van der Waals surface area contributed by atoms with Crippen LogP contribution in [0.4, 0.5) is 0 Å². The van der Waals surface area contributed by atoms with E-state index in [-0.39, 0.29) is 0 Å². The van der Waals surface area contributed by atoms with Gasteiger partial charge in [-0.15, -0.1) is 0 Å². The van der Waals surface area contributed by atoms with Gasteiger partial charge in [0.1, 0.15) is 5.60 Å².